The quantitative estimate of drug-likeness (QED) is 0.336. The molecule has 0 bridgehead atoms. The van der Waals surface area contributed by atoms with Crippen molar-refractivity contribution in [3.63, 3.8) is 0 Å². The maximum Gasteiger partial charge on any atom is 0.335 e. The number of esters is 3. The molecule has 2 aliphatic rings. The Morgan fingerprint density at radius 2 is 1.30 bits per heavy atom. The van der Waals surface area contributed by atoms with Gasteiger partial charge in [0.05, 0.1) is 19.1 Å². The molecular weight excluding hydrogens is 390 g/mol. The number of carbonyl (C=O) groups excluding carboxylic acids is 3. The van der Waals surface area contributed by atoms with Crippen LogP contribution in [0.15, 0.2) is 0 Å². The number of ether oxygens (including phenoxy) is 3. The molecule has 0 N–H and O–H groups in total. The second-order valence-corrected chi connectivity index (χ2v) is 8.66. The van der Waals surface area contributed by atoms with Gasteiger partial charge in [0, 0.05) is 39.3 Å². The molecule has 2 saturated heterocycles. The van der Waals surface area contributed by atoms with Crippen LogP contribution in [0.5, 0.6) is 0 Å². The lowest BCUT2D eigenvalue weighted by molar-refractivity contribution is -0.167. The molecule has 2 heterocycles. The van der Waals surface area contributed by atoms with Gasteiger partial charge in [-0.25, -0.2) is 19.6 Å². The van der Waals surface area contributed by atoms with Crippen LogP contribution in [-0.4, -0.2) is 97.0 Å². The molecule has 0 radical (unpaired) electrons. The molecule has 0 aromatic heterocycles. The normalized spacial score (nSPS) is 20.2. The Morgan fingerprint density at radius 1 is 0.833 bits per heavy atom. The van der Waals surface area contributed by atoms with Gasteiger partial charge in [0.1, 0.15) is 5.60 Å². The third-order valence-corrected chi connectivity index (χ3v) is 5.29. The second-order valence-electron chi connectivity index (χ2n) is 8.66. The van der Waals surface area contributed by atoms with Gasteiger partial charge in [-0.15, -0.1) is 0 Å². The molecule has 9 nitrogen and oxygen atoms in total. The first kappa shape index (κ1) is 24.6. The van der Waals surface area contributed by atoms with Gasteiger partial charge in [-0.3, -0.25) is 9.69 Å². The highest BCUT2D eigenvalue weighted by atomic mass is 16.6. The number of piperazine rings is 1. The Kier molecular flexibility index (Phi) is 9.06. The van der Waals surface area contributed by atoms with E-state index < -0.39 is 23.6 Å². The molecule has 172 valence electrons. The van der Waals surface area contributed by atoms with E-state index in [2.05, 4.69) is 10.0 Å². The summed E-state index contributed by atoms with van der Waals surface area (Å²) in [7, 11) is 0. The van der Waals surface area contributed by atoms with E-state index >= 15 is 0 Å². The van der Waals surface area contributed by atoms with Crippen molar-refractivity contribution in [3.8, 4) is 0 Å². The largest absolute Gasteiger partial charge is 0.464 e. The summed E-state index contributed by atoms with van der Waals surface area (Å²) in [5.41, 5.74) is -0.459. The summed E-state index contributed by atoms with van der Waals surface area (Å²) in [6.07, 6.45) is 1.53. The number of carbonyl (C=O) groups is 3. The average molecular weight is 428 g/mol. The minimum absolute atomic E-state index is 0.0567. The fourth-order valence-corrected chi connectivity index (χ4v) is 3.86. The van der Waals surface area contributed by atoms with Gasteiger partial charge in [-0.2, -0.15) is 0 Å². The van der Waals surface area contributed by atoms with Gasteiger partial charge in [-0.05, 0) is 47.5 Å². The monoisotopic (exact) mass is 427 g/mol. The predicted molar refractivity (Wildman–Crippen MR) is 110 cm³/mol. The number of rotatable bonds is 7. The van der Waals surface area contributed by atoms with Crippen molar-refractivity contribution in [3.05, 3.63) is 0 Å². The van der Waals surface area contributed by atoms with Crippen LogP contribution in [0.25, 0.3) is 0 Å². The zero-order valence-corrected chi connectivity index (χ0v) is 19.0. The van der Waals surface area contributed by atoms with Gasteiger partial charge in [0.25, 0.3) is 0 Å². The predicted octanol–water partition coefficient (Wildman–Crippen LogP) is 1.07. The summed E-state index contributed by atoms with van der Waals surface area (Å²) in [4.78, 5) is 38.8. The van der Waals surface area contributed by atoms with E-state index in [1.807, 2.05) is 25.7 Å². The van der Waals surface area contributed by atoms with Gasteiger partial charge in [-0.1, -0.05) is 0 Å². The second kappa shape index (κ2) is 11.1. The van der Waals surface area contributed by atoms with E-state index in [-0.39, 0.29) is 25.1 Å². The Morgan fingerprint density at radius 3 is 1.73 bits per heavy atom. The lowest BCUT2D eigenvalue weighted by Crippen LogP contribution is -2.60. The zero-order chi connectivity index (χ0) is 22.3. The molecule has 0 aromatic carbocycles. The first-order chi connectivity index (χ1) is 14.2. The van der Waals surface area contributed by atoms with Crippen LogP contribution in [0, 0.1) is 5.92 Å². The third-order valence-electron chi connectivity index (χ3n) is 5.29. The van der Waals surface area contributed by atoms with Crippen LogP contribution < -0.4 is 0 Å². The summed E-state index contributed by atoms with van der Waals surface area (Å²) >= 11 is 0. The lowest BCUT2D eigenvalue weighted by Gasteiger charge is -2.44. The Hall–Kier alpha value is -1.71. The average Bonchev–Trinajstić information content (AvgIpc) is 2.68. The van der Waals surface area contributed by atoms with Gasteiger partial charge < -0.3 is 14.2 Å². The van der Waals surface area contributed by atoms with E-state index in [0.29, 0.717) is 26.2 Å². The van der Waals surface area contributed by atoms with E-state index in [4.69, 9.17) is 14.2 Å². The van der Waals surface area contributed by atoms with E-state index in [0.717, 1.165) is 25.9 Å². The van der Waals surface area contributed by atoms with Crippen LogP contribution in [0.1, 0.15) is 47.5 Å². The highest BCUT2D eigenvalue weighted by Gasteiger charge is 2.38. The first-order valence-corrected chi connectivity index (χ1v) is 11.0. The fourth-order valence-electron chi connectivity index (χ4n) is 3.86. The van der Waals surface area contributed by atoms with E-state index in [1.54, 1.807) is 13.8 Å². The molecule has 0 unspecified atom stereocenters. The van der Waals surface area contributed by atoms with Crippen LogP contribution in [-0.2, 0) is 28.6 Å². The highest BCUT2D eigenvalue weighted by molar-refractivity contribution is 5.99. The smallest absolute Gasteiger partial charge is 0.335 e. The first-order valence-electron chi connectivity index (χ1n) is 11.0. The summed E-state index contributed by atoms with van der Waals surface area (Å²) in [6.45, 7) is 13.7. The number of nitrogens with zero attached hydrogens (tertiary/aromatic N) is 3. The molecule has 2 fully saturated rings. The Balaban J connectivity index is 1.85. The molecule has 9 heteroatoms. The maximum atomic E-state index is 12.3. The number of piperidine rings is 1. The van der Waals surface area contributed by atoms with Crippen LogP contribution in [0.2, 0.25) is 0 Å². The standard InChI is InChI=1S/C21H37N3O6/c1-6-28-19(26)17(20(27)29-7-2)22-12-14-24(15-13-22)23-10-8-16(9-11-23)18(25)30-21(3,4)5/h16-17H,6-15H2,1-5H3. The highest BCUT2D eigenvalue weighted by Crippen LogP contribution is 2.23. The van der Waals surface area contributed by atoms with Crippen LogP contribution in [0.3, 0.4) is 0 Å². The summed E-state index contributed by atoms with van der Waals surface area (Å²) in [6, 6.07) is -1.01. The maximum absolute atomic E-state index is 12.3. The van der Waals surface area contributed by atoms with Crippen LogP contribution in [0.4, 0.5) is 0 Å². The topological polar surface area (TPSA) is 88.6 Å². The van der Waals surface area contributed by atoms with Gasteiger partial charge >= 0.3 is 17.9 Å². The summed E-state index contributed by atoms with van der Waals surface area (Å²) in [5.74, 6) is -1.28. The molecule has 0 saturated carbocycles. The van der Waals surface area contributed by atoms with Gasteiger partial charge in [0.15, 0.2) is 0 Å². The molecule has 2 aliphatic heterocycles. The molecular formula is C21H37N3O6. The number of hydrazine groups is 1. The molecule has 0 aromatic rings. The van der Waals surface area contributed by atoms with E-state index in [1.165, 1.54) is 0 Å². The minimum Gasteiger partial charge on any atom is -0.464 e. The summed E-state index contributed by atoms with van der Waals surface area (Å²) in [5, 5.41) is 4.51. The SMILES string of the molecule is CCOC(=O)C(C(=O)OCC)N1CCN(N2CCC(C(=O)OC(C)(C)C)CC2)CC1. The Labute approximate surface area is 179 Å². The van der Waals surface area contributed by atoms with Crippen molar-refractivity contribution >= 4 is 17.9 Å². The van der Waals surface area contributed by atoms with Gasteiger partial charge in [0.2, 0.25) is 6.04 Å². The zero-order valence-electron chi connectivity index (χ0n) is 19.0. The van der Waals surface area contributed by atoms with Crippen molar-refractivity contribution < 1.29 is 28.6 Å². The van der Waals surface area contributed by atoms with Crippen molar-refractivity contribution in [1.29, 1.82) is 0 Å². The van der Waals surface area contributed by atoms with Crippen molar-refractivity contribution in [2.75, 3.05) is 52.5 Å². The summed E-state index contributed by atoms with van der Waals surface area (Å²) < 4.78 is 15.7. The number of hydrogen-bond acceptors (Lipinski definition) is 9. The fraction of sp³-hybridized carbons (Fsp3) is 0.857. The lowest BCUT2D eigenvalue weighted by atomic mass is 9.97. The van der Waals surface area contributed by atoms with E-state index in [9.17, 15) is 14.4 Å². The van der Waals surface area contributed by atoms with Crippen molar-refractivity contribution in [2.45, 2.75) is 59.1 Å². The molecule has 0 spiro atoms. The minimum atomic E-state index is -1.01. The molecule has 0 atom stereocenters. The molecule has 30 heavy (non-hydrogen) atoms. The molecule has 0 amide bonds. The third kappa shape index (κ3) is 6.92. The van der Waals surface area contributed by atoms with Crippen molar-refractivity contribution in [1.82, 2.24) is 14.9 Å². The number of hydrogen-bond donors (Lipinski definition) is 0. The molecule has 0 aliphatic carbocycles. The van der Waals surface area contributed by atoms with Crippen LogP contribution >= 0.6 is 0 Å². The Bertz CT molecular complexity index is 572. The molecule has 2 rings (SSSR count). The van der Waals surface area contributed by atoms with Crippen molar-refractivity contribution in [2.24, 2.45) is 5.92 Å².